The Kier molecular flexibility index (Phi) is 6.16. The number of hydrogen-bond acceptors (Lipinski definition) is 6. The number of nitrogens with zero attached hydrogens (tertiary/aromatic N) is 1. The maximum Gasteiger partial charge on any atom is 0.230 e. The van der Waals surface area contributed by atoms with Gasteiger partial charge in [-0.3, -0.25) is 4.79 Å². The van der Waals surface area contributed by atoms with Gasteiger partial charge < -0.3 is 20.1 Å². The summed E-state index contributed by atoms with van der Waals surface area (Å²) >= 11 is 1.43. The lowest BCUT2D eigenvalue weighted by atomic mass is 10.1. The Morgan fingerprint density at radius 2 is 1.86 bits per heavy atom. The number of anilines is 3. The maximum absolute atomic E-state index is 12.4. The molecular formula is C21H23N3O3S. The van der Waals surface area contributed by atoms with Gasteiger partial charge in [-0.05, 0) is 37.1 Å². The number of benzene rings is 2. The zero-order chi connectivity index (χ0) is 20.1. The van der Waals surface area contributed by atoms with Crippen LogP contribution in [0.2, 0.25) is 0 Å². The second kappa shape index (κ2) is 8.75. The minimum absolute atomic E-state index is 0.0896. The molecule has 0 fully saturated rings. The van der Waals surface area contributed by atoms with E-state index in [0.29, 0.717) is 22.3 Å². The number of nitrogens with one attached hydrogen (secondary N) is 2. The third-order valence-electron chi connectivity index (χ3n) is 4.29. The molecule has 0 aliphatic rings. The van der Waals surface area contributed by atoms with E-state index in [2.05, 4.69) is 15.6 Å². The van der Waals surface area contributed by atoms with Gasteiger partial charge in [0, 0.05) is 17.1 Å². The Bertz CT molecular complexity index is 965. The molecule has 2 aromatic carbocycles. The predicted octanol–water partition coefficient (Wildman–Crippen LogP) is 4.70. The first-order valence-electron chi connectivity index (χ1n) is 8.79. The van der Waals surface area contributed by atoms with Gasteiger partial charge >= 0.3 is 0 Å². The SMILES string of the molecule is COc1ccc(OC)c(Nc2nc(CC(=O)Nc3c(C)cccc3C)cs2)c1. The molecule has 3 rings (SSSR count). The van der Waals surface area contributed by atoms with Crippen molar-refractivity contribution >= 4 is 33.8 Å². The molecule has 28 heavy (non-hydrogen) atoms. The zero-order valence-corrected chi connectivity index (χ0v) is 17.1. The van der Waals surface area contributed by atoms with Gasteiger partial charge in [-0.15, -0.1) is 11.3 Å². The first kappa shape index (κ1) is 19.7. The van der Waals surface area contributed by atoms with Crippen molar-refractivity contribution in [3.05, 3.63) is 58.6 Å². The van der Waals surface area contributed by atoms with E-state index in [9.17, 15) is 4.79 Å². The number of rotatable bonds is 7. The molecule has 0 aliphatic carbocycles. The highest BCUT2D eigenvalue weighted by atomic mass is 32.1. The van der Waals surface area contributed by atoms with Gasteiger partial charge in [-0.1, -0.05) is 18.2 Å². The van der Waals surface area contributed by atoms with E-state index in [1.807, 2.05) is 55.6 Å². The molecule has 0 saturated carbocycles. The van der Waals surface area contributed by atoms with Crippen LogP contribution in [0.15, 0.2) is 41.8 Å². The molecule has 1 aromatic heterocycles. The highest BCUT2D eigenvalue weighted by Gasteiger charge is 2.12. The molecule has 0 saturated heterocycles. The van der Waals surface area contributed by atoms with Crippen LogP contribution in [0, 0.1) is 13.8 Å². The number of para-hydroxylation sites is 1. The summed E-state index contributed by atoms with van der Waals surface area (Å²) in [4.78, 5) is 16.9. The highest BCUT2D eigenvalue weighted by molar-refractivity contribution is 7.13. The number of amides is 1. The minimum Gasteiger partial charge on any atom is -0.497 e. The summed E-state index contributed by atoms with van der Waals surface area (Å²) in [6, 6.07) is 11.4. The quantitative estimate of drug-likeness (QED) is 0.604. The molecule has 2 N–H and O–H groups in total. The van der Waals surface area contributed by atoms with Crippen LogP contribution in [-0.4, -0.2) is 25.1 Å². The molecule has 0 spiro atoms. The van der Waals surface area contributed by atoms with Crippen molar-refractivity contribution in [3.63, 3.8) is 0 Å². The predicted molar refractivity (Wildman–Crippen MR) is 113 cm³/mol. The smallest absolute Gasteiger partial charge is 0.230 e. The van der Waals surface area contributed by atoms with E-state index >= 15 is 0 Å². The Labute approximate surface area is 168 Å². The molecule has 146 valence electrons. The van der Waals surface area contributed by atoms with Gasteiger partial charge in [-0.25, -0.2) is 4.98 Å². The third kappa shape index (κ3) is 4.61. The van der Waals surface area contributed by atoms with Crippen molar-refractivity contribution in [1.29, 1.82) is 0 Å². The number of aromatic nitrogens is 1. The number of carbonyl (C=O) groups is 1. The van der Waals surface area contributed by atoms with Gasteiger partial charge in [0.25, 0.3) is 0 Å². The summed E-state index contributed by atoms with van der Waals surface area (Å²) in [6.07, 6.45) is 0.210. The van der Waals surface area contributed by atoms with E-state index in [-0.39, 0.29) is 12.3 Å². The van der Waals surface area contributed by atoms with E-state index in [1.54, 1.807) is 14.2 Å². The lowest BCUT2D eigenvalue weighted by molar-refractivity contribution is -0.115. The number of ether oxygens (including phenoxy) is 2. The zero-order valence-electron chi connectivity index (χ0n) is 16.3. The lowest BCUT2D eigenvalue weighted by Gasteiger charge is -2.11. The number of aryl methyl sites for hydroxylation is 2. The summed E-state index contributed by atoms with van der Waals surface area (Å²) in [7, 11) is 3.22. The molecule has 1 amide bonds. The fourth-order valence-electron chi connectivity index (χ4n) is 2.83. The largest absolute Gasteiger partial charge is 0.497 e. The summed E-state index contributed by atoms with van der Waals surface area (Å²) in [6.45, 7) is 3.96. The summed E-state index contributed by atoms with van der Waals surface area (Å²) < 4.78 is 10.6. The van der Waals surface area contributed by atoms with Crippen LogP contribution >= 0.6 is 11.3 Å². The van der Waals surface area contributed by atoms with E-state index < -0.39 is 0 Å². The number of methoxy groups -OCH3 is 2. The summed E-state index contributed by atoms with van der Waals surface area (Å²) in [5.74, 6) is 1.31. The molecule has 0 bridgehead atoms. The van der Waals surface area contributed by atoms with Crippen molar-refractivity contribution in [3.8, 4) is 11.5 Å². The molecule has 1 heterocycles. The average Bonchev–Trinajstić information content (AvgIpc) is 3.11. The number of thiazole rings is 1. The molecular weight excluding hydrogens is 374 g/mol. The summed E-state index contributed by atoms with van der Waals surface area (Å²) in [5.41, 5.74) is 4.40. The van der Waals surface area contributed by atoms with Crippen LogP contribution in [-0.2, 0) is 11.2 Å². The molecule has 6 nitrogen and oxygen atoms in total. The van der Waals surface area contributed by atoms with E-state index in [4.69, 9.17) is 9.47 Å². The molecule has 3 aromatic rings. The van der Waals surface area contributed by atoms with Crippen LogP contribution in [0.1, 0.15) is 16.8 Å². The van der Waals surface area contributed by atoms with Crippen molar-refractivity contribution in [2.24, 2.45) is 0 Å². The normalized spacial score (nSPS) is 10.4. The number of hydrogen-bond donors (Lipinski definition) is 2. The van der Waals surface area contributed by atoms with E-state index in [1.165, 1.54) is 11.3 Å². The molecule has 0 unspecified atom stereocenters. The molecule has 7 heteroatoms. The highest BCUT2D eigenvalue weighted by Crippen LogP contribution is 2.32. The van der Waals surface area contributed by atoms with Crippen LogP contribution in [0.4, 0.5) is 16.5 Å². The number of carbonyl (C=O) groups excluding carboxylic acids is 1. The van der Waals surface area contributed by atoms with Gasteiger partial charge in [-0.2, -0.15) is 0 Å². The van der Waals surface area contributed by atoms with Crippen molar-refractivity contribution in [1.82, 2.24) is 4.98 Å². The monoisotopic (exact) mass is 397 g/mol. The Balaban J connectivity index is 1.68. The van der Waals surface area contributed by atoms with Crippen LogP contribution in [0.5, 0.6) is 11.5 Å². The topological polar surface area (TPSA) is 72.5 Å². The van der Waals surface area contributed by atoms with Crippen LogP contribution in [0.25, 0.3) is 0 Å². The Hall–Kier alpha value is -3.06. The fourth-order valence-corrected chi connectivity index (χ4v) is 3.55. The lowest BCUT2D eigenvalue weighted by Crippen LogP contribution is -2.16. The Morgan fingerprint density at radius 1 is 1.11 bits per heavy atom. The van der Waals surface area contributed by atoms with Crippen molar-refractivity contribution in [2.75, 3.05) is 24.9 Å². The first-order valence-corrected chi connectivity index (χ1v) is 9.67. The first-order chi connectivity index (χ1) is 13.5. The van der Waals surface area contributed by atoms with Gasteiger partial charge in [0.1, 0.15) is 11.5 Å². The van der Waals surface area contributed by atoms with Crippen LogP contribution < -0.4 is 20.1 Å². The van der Waals surface area contributed by atoms with Crippen molar-refractivity contribution in [2.45, 2.75) is 20.3 Å². The molecule has 0 aliphatic heterocycles. The van der Waals surface area contributed by atoms with Gasteiger partial charge in [0.15, 0.2) is 5.13 Å². The van der Waals surface area contributed by atoms with Crippen LogP contribution in [0.3, 0.4) is 0 Å². The Morgan fingerprint density at radius 3 is 2.54 bits per heavy atom. The average molecular weight is 398 g/mol. The second-order valence-electron chi connectivity index (χ2n) is 6.33. The molecule has 0 radical (unpaired) electrons. The summed E-state index contributed by atoms with van der Waals surface area (Å²) in [5, 5.41) is 8.77. The second-order valence-corrected chi connectivity index (χ2v) is 7.19. The fraction of sp³-hybridized carbons (Fsp3) is 0.238. The van der Waals surface area contributed by atoms with E-state index in [0.717, 1.165) is 22.5 Å². The third-order valence-corrected chi connectivity index (χ3v) is 5.09. The standard InChI is InChI=1S/C21H23N3O3S/c1-13-6-5-7-14(2)20(13)24-19(25)10-15-12-28-21(22-15)23-17-11-16(26-3)8-9-18(17)27-4/h5-9,11-12H,10H2,1-4H3,(H,22,23)(H,24,25). The van der Waals surface area contributed by atoms with Gasteiger partial charge in [0.2, 0.25) is 5.91 Å². The maximum atomic E-state index is 12.4. The van der Waals surface area contributed by atoms with Crippen molar-refractivity contribution < 1.29 is 14.3 Å². The molecule has 0 atom stereocenters. The van der Waals surface area contributed by atoms with Gasteiger partial charge in [0.05, 0.1) is 32.0 Å². The minimum atomic E-state index is -0.0896.